The maximum atomic E-state index is 12.3. The molecule has 2 aliphatic rings. The average molecular weight is 275 g/mol. The first-order valence-corrected chi connectivity index (χ1v) is 7.80. The van der Waals surface area contributed by atoms with Gasteiger partial charge in [0.25, 0.3) is 0 Å². The van der Waals surface area contributed by atoms with Crippen molar-refractivity contribution < 1.29 is 4.79 Å². The molecule has 2 N–H and O–H groups in total. The van der Waals surface area contributed by atoms with Crippen molar-refractivity contribution in [1.29, 1.82) is 0 Å². The van der Waals surface area contributed by atoms with Crippen molar-refractivity contribution in [2.75, 3.05) is 0 Å². The Hall–Kier alpha value is -1.29. The first-order chi connectivity index (χ1) is 9.65. The van der Waals surface area contributed by atoms with Crippen LogP contribution >= 0.6 is 0 Å². The van der Waals surface area contributed by atoms with Crippen LogP contribution in [0.2, 0.25) is 0 Å². The van der Waals surface area contributed by atoms with E-state index in [1.807, 2.05) is 7.05 Å². The van der Waals surface area contributed by atoms with Gasteiger partial charge >= 0.3 is 0 Å². The van der Waals surface area contributed by atoms with Crippen molar-refractivity contribution >= 4 is 5.91 Å². The molecule has 4 nitrogen and oxygen atoms in total. The Morgan fingerprint density at radius 3 is 2.90 bits per heavy atom. The molecule has 1 aliphatic heterocycles. The summed E-state index contributed by atoms with van der Waals surface area (Å²) in [7, 11) is 2.04. The van der Waals surface area contributed by atoms with Crippen molar-refractivity contribution in [2.45, 2.75) is 57.7 Å². The zero-order chi connectivity index (χ0) is 14.1. The summed E-state index contributed by atoms with van der Waals surface area (Å²) >= 11 is 0. The molecule has 4 heteroatoms. The molecular formula is C16H25N3O. The van der Waals surface area contributed by atoms with E-state index in [2.05, 4.69) is 34.3 Å². The summed E-state index contributed by atoms with van der Waals surface area (Å²) in [4.78, 5) is 12.3. The van der Waals surface area contributed by atoms with Gasteiger partial charge in [0.2, 0.25) is 5.91 Å². The predicted octanol–water partition coefficient (Wildman–Crippen LogP) is 1.87. The van der Waals surface area contributed by atoms with Gasteiger partial charge in [-0.25, -0.2) is 0 Å². The highest BCUT2D eigenvalue weighted by atomic mass is 16.2. The molecule has 2 heterocycles. The van der Waals surface area contributed by atoms with Gasteiger partial charge in [0.05, 0.1) is 12.6 Å². The van der Waals surface area contributed by atoms with Gasteiger partial charge in [-0.2, -0.15) is 0 Å². The van der Waals surface area contributed by atoms with Crippen LogP contribution in [0.1, 0.15) is 43.5 Å². The van der Waals surface area contributed by atoms with Gasteiger partial charge in [-0.05, 0) is 44.2 Å². The Labute approximate surface area is 120 Å². The predicted molar refractivity (Wildman–Crippen MR) is 79.3 cm³/mol. The summed E-state index contributed by atoms with van der Waals surface area (Å²) in [5.74, 6) is 0.884. The number of aryl methyl sites for hydroxylation is 1. The molecule has 2 fully saturated rings. The Bertz CT molecular complexity index is 480. The Morgan fingerprint density at radius 2 is 2.20 bits per heavy atom. The number of carbonyl (C=O) groups is 1. The van der Waals surface area contributed by atoms with E-state index in [0.29, 0.717) is 12.6 Å². The third kappa shape index (κ3) is 2.62. The number of hydrogen-bond donors (Lipinski definition) is 2. The highest BCUT2D eigenvalue weighted by Crippen LogP contribution is 2.33. The van der Waals surface area contributed by atoms with Crippen molar-refractivity contribution in [3.05, 3.63) is 23.5 Å². The normalized spacial score (nSPS) is 29.2. The Balaban J connectivity index is 1.53. The lowest BCUT2D eigenvalue weighted by Crippen LogP contribution is -2.43. The quantitative estimate of drug-likeness (QED) is 0.884. The van der Waals surface area contributed by atoms with Crippen molar-refractivity contribution in [3.63, 3.8) is 0 Å². The molecule has 1 aliphatic carbocycles. The summed E-state index contributed by atoms with van der Waals surface area (Å²) in [6.07, 6.45) is 6.19. The summed E-state index contributed by atoms with van der Waals surface area (Å²) in [6, 6.07) is 4.77. The average Bonchev–Trinajstić information content (AvgIpc) is 3.02. The summed E-state index contributed by atoms with van der Waals surface area (Å²) in [6.45, 7) is 2.70. The lowest BCUT2D eigenvalue weighted by atomic mass is 9.85. The number of nitrogens with one attached hydrogen (secondary N) is 2. The van der Waals surface area contributed by atoms with Crippen LogP contribution in [0, 0.1) is 12.8 Å². The van der Waals surface area contributed by atoms with Crippen LogP contribution in [0.4, 0.5) is 0 Å². The lowest BCUT2D eigenvalue weighted by Gasteiger charge is -2.24. The van der Waals surface area contributed by atoms with Crippen molar-refractivity contribution in [2.24, 2.45) is 13.0 Å². The number of aromatic nitrogens is 1. The maximum Gasteiger partial charge on any atom is 0.237 e. The van der Waals surface area contributed by atoms with Crippen LogP contribution < -0.4 is 10.6 Å². The van der Waals surface area contributed by atoms with E-state index in [4.69, 9.17) is 0 Å². The number of hydrogen-bond acceptors (Lipinski definition) is 2. The summed E-state index contributed by atoms with van der Waals surface area (Å²) < 4.78 is 2.13. The van der Waals surface area contributed by atoms with E-state index in [1.54, 1.807) is 0 Å². The molecule has 0 bridgehead atoms. The molecule has 1 saturated heterocycles. The fraction of sp³-hybridized carbons (Fsp3) is 0.688. The van der Waals surface area contributed by atoms with Gasteiger partial charge in [-0.15, -0.1) is 0 Å². The van der Waals surface area contributed by atoms with Crippen molar-refractivity contribution in [1.82, 2.24) is 15.2 Å². The Kier molecular flexibility index (Phi) is 3.83. The van der Waals surface area contributed by atoms with E-state index in [1.165, 1.54) is 31.4 Å². The molecule has 3 rings (SSSR count). The molecule has 20 heavy (non-hydrogen) atoms. The zero-order valence-electron chi connectivity index (χ0n) is 12.5. The first kappa shape index (κ1) is 13.7. The largest absolute Gasteiger partial charge is 0.350 e. The van der Waals surface area contributed by atoms with Crippen molar-refractivity contribution in [3.8, 4) is 0 Å². The molecule has 3 unspecified atom stereocenters. The monoisotopic (exact) mass is 275 g/mol. The molecule has 1 aromatic heterocycles. The van der Waals surface area contributed by atoms with E-state index in [-0.39, 0.29) is 11.9 Å². The van der Waals surface area contributed by atoms with Crippen LogP contribution in [0.3, 0.4) is 0 Å². The molecule has 1 amide bonds. The maximum absolute atomic E-state index is 12.3. The minimum atomic E-state index is 0.0180. The minimum absolute atomic E-state index is 0.0180. The number of rotatable bonds is 3. The SMILES string of the molecule is Cc1ccc(CNC(=O)C2CC3CCCCC3N2)n1C. The van der Waals surface area contributed by atoms with E-state index >= 15 is 0 Å². The molecule has 0 spiro atoms. The van der Waals surface area contributed by atoms with Gasteiger partial charge in [-0.1, -0.05) is 12.8 Å². The van der Waals surface area contributed by atoms with E-state index in [9.17, 15) is 4.79 Å². The molecule has 0 aromatic carbocycles. The van der Waals surface area contributed by atoms with Gasteiger partial charge < -0.3 is 15.2 Å². The van der Waals surface area contributed by atoms with Gasteiger partial charge in [0.15, 0.2) is 0 Å². The van der Waals surface area contributed by atoms with Gasteiger partial charge in [0.1, 0.15) is 0 Å². The fourth-order valence-electron chi connectivity index (χ4n) is 3.67. The van der Waals surface area contributed by atoms with Crippen LogP contribution in [-0.4, -0.2) is 22.6 Å². The first-order valence-electron chi connectivity index (χ1n) is 7.80. The third-order valence-corrected chi connectivity index (χ3v) is 5.10. The summed E-state index contributed by atoms with van der Waals surface area (Å²) in [5.41, 5.74) is 2.38. The number of fused-ring (bicyclic) bond motifs is 1. The number of nitrogens with zero attached hydrogens (tertiary/aromatic N) is 1. The van der Waals surface area contributed by atoms with Crippen LogP contribution in [0.15, 0.2) is 12.1 Å². The minimum Gasteiger partial charge on any atom is -0.350 e. The highest BCUT2D eigenvalue weighted by molar-refractivity contribution is 5.82. The lowest BCUT2D eigenvalue weighted by molar-refractivity contribution is -0.123. The van der Waals surface area contributed by atoms with Gasteiger partial charge in [0, 0.05) is 24.5 Å². The van der Waals surface area contributed by atoms with Crippen LogP contribution in [-0.2, 0) is 18.4 Å². The number of carbonyl (C=O) groups excluding carboxylic acids is 1. The second kappa shape index (κ2) is 5.60. The fourth-order valence-corrected chi connectivity index (χ4v) is 3.67. The molecule has 3 atom stereocenters. The van der Waals surface area contributed by atoms with Gasteiger partial charge in [-0.3, -0.25) is 4.79 Å². The van der Waals surface area contributed by atoms with Crippen LogP contribution in [0.5, 0.6) is 0 Å². The molecule has 0 radical (unpaired) electrons. The number of amides is 1. The second-order valence-corrected chi connectivity index (χ2v) is 6.35. The third-order valence-electron chi connectivity index (χ3n) is 5.10. The van der Waals surface area contributed by atoms with E-state index in [0.717, 1.165) is 18.0 Å². The topological polar surface area (TPSA) is 46.1 Å². The zero-order valence-corrected chi connectivity index (χ0v) is 12.5. The molecule has 1 saturated carbocycles. The molecule has 110 valence electrons. The molecular weight excluding hydrogens is 250 g/mol. The second-order valence-electron chi connectivity index (χ2n) is 6.35. The standard InChI is InChI=1S/C16H25N3O/c1-11-7-8-13(19(11)2)10-17-16(20)15-9-12-5-3-4-6-14(12)18-15/h7-8,12,14-15,18H,3-6,9-10H2,1-2H3,(H,17,20). The van der Waals surface area contributed by atoms with E-state index < -0.39 is 0 Å². The summed E-state index contributed by atoms with van der Waals surface area (Å²) in [5, 5.41) is 6.61. The van der Waals surface area contributed by atoms with Crippen LogP contribution in [0.25, 0.3) is 0 Å². The molecule has 1 aromatic rings. The Morgan fingerprint density at radius 1 is 1.40 bits per heavy atom. The highest BCUT2D eigenvalue weighted by Gasteiger charge is 2.37. The smallest absolute Gasteiger partial charge is 0.237 e.